The molecule has 1 heterocycles. The van der Waals surface area contributed by atoms with Crippen LogP contribution in [0.25, 0.3) is 0 Å². The highest BCUT2D eigenvalue weighted by atomic mass is 32.2. The Morgan fingerprint density at radius 1 is 1.47 bits per heavy atom. The fourth-order valence-corrected chi connectivity index (χ4v) is 3.78. The maximum atomic E-state index is 8.76. The zero-order chi connectivity index (χ0) is 12.1. The molecule has 2 rings (SSSR count). The van der Waals surface area contributed by atoms with Gasteiger partial charge in [0.05, 0.1) is 5.56 Å². The fraction of sp³-hybridized carbons (Fsp3) is 0.615. The monoisotopic (exact) mass is 266 g/mol. The molecule has 0 bridgehead atoms. The summed E-state index contributed by atoms with van der Waals surface area (Å²) in [7, 11) is 0. The van der Waals surface area contributed by atoms with Crippen molar-refractivity contribution in [3.63, 3.8) is 0 Å². The van der Waals surface area contributed by atoms with Crippen LogP contribution in [0.15, 0.2) is 11.4 Å². The van der Waals surface area contributed by atoms with Crippen LogP contribution in [0.5, 0.6) is 0 Å². The normalized spacial score (nSPS) is 24.5. The molecule has 0 amide bonds. The zero-order valence-corrected chi connectivity index (χ0v) is 11.7. The zero-order valence-electron chi connectivity index (χ0n) is 10.1. The molecule has 92 valence electrons. The Morgan fingerprint density at radius 3 is 2.82 bits per heavy atom. The van der Waals surface area contributed by atoms with Gasteiger partial charge >= 0.3 is 0 Å². The molecule has 1 N–H and O–H groups in total. The third kappa shape index (κ3) is 3.74. The molecule has 0 saturated heterocycles. The number of hydrogen-bond acceptors (Lipinski definition) is 4. The first-order valence-corrected chi connectivity index (χ1v) is 8.22. The lowest BCUT2D eigenvalue weighted by atomic mass is 9.95. The summed E-state index contributed by atoms with van der Waals surface area (Å²) in [5.74, 6) is 0. The van der Waals surface area contributed by atoms with Crippen molar-refractivity contribution in [2.75, 3.05) is 6.26 Å². The van der Waals surface area contributed by atoms with Crippen molar-refractivity contribution in [1.82, 2.24) is 5.32 Å². The number of thiophene rings is 1. The van der Waals surface area contributed by atoms with Crippen LogP contribution in [-0.2, 0) is 6.54 Å². The highest BCUT2D eigenvalue weighted by molar-refractivity contribution is 7.99. The van der Waals surface area contributed by atoms with Crippen LogP contribution in [0.3, 0.4) is 0 Å². The molecule has 17 heavy (non-hydrogen) atoms. The van der Waals surface area contributed by atoms with Gasteiger partial charge in [0, 0.05) is 28.1 Å². The predicted octanol–water partition coefficient (Wildman–Crippen LogP) is 3.38. The van der Waals surface area contributed by atoms with Crippen LogP contribution >= 0.6 is 23.1 Å². The second kappa shape index (κ2) is 6.44. The van der Waals surface area contributed by atoms with E-state index in [-0.39, 0.29) is 0 Å². The first-order valence-electron chi connectivity index (χ1n) is 6.05. The van der Waals surface area contributed by atoms with Crippen LogP contribution in [0, 0.1) is 11.3 Å². The molecule has 1 aliphatic carbocycles. The van der Waals surface area contributed by atoms with Gasteiger partial charge in [-0.2, -0.15) is 17.0 Å². The molecule has 1 fully saturated rings. The molecule has 0 spiro atoms. The van der Waals surface area contributed by atoms with E-state index in [0.717, 1.165) is 17.4 Å². The van der Waals surface area contributed by atoms with Gasteiger partial charge in [-0.25, -0.2) is 0 Å². The fourth-order valence-electron chi connectivity index (χ4n) is 2.28. The first-order chi connectivity index (χ1) is 8.31. The molecule has 0 unspecified atom stereocenters. The van der Waals surface area contributed by atoms with E-state index in [1.54, 1.807) is 11.3 Å². The largest absolute Gasteiger partial charge is 0.309 e. The summed E-state index contributed by atoms with van der Waals surface area (Å²) in [6.07, 6.45) is 7.48. The van der Waals surface area contributed by atoms with E-state index in [4.69, 9.17) is 5.26 Å². The van der Waals surface area contributed by atoms with Gasteiger partial charge in [0.25, 0.3) is 0 Å². The van der Waals surface area contributed by atoms with Gasteiger partial charge in [-0.05, 0) is 38.0 Å². The van der Waals surface area contributed by atoms with Crippen LogP contribution < -0.4 is 5.32 Å². The van der Waals surface area contributed by atoms with Crippen molar-refractivity contribution < 1.29 is 0 Å². The summed E-state index contributed by atoms with van der Waals surface area (Å²) in [4.78, 5) is 1.27. The van der Waals surface area contributed by atoms with Crippen LogP contribution in [0.4, 0.5) is 0 Å². The van der Waals surface area contributed by atoms with Gasteiger partial charge in [0.15, 0.2) is 0 Å². The molecule has 0 aliphatic heterocycles. The lowest BCUT2D eigenvalue weighted by Gasteiger charge is -2.28. The summed E-state index contributed by atoms with van der Waals surface area (Å²) in [5, 5.41) is 15.2. The van der Waals surface area contributed by atoms with E-state index >= 15 is 0 Å². The number of rotatable bonds is 4. The summed E-state index contributed by atoms with van der Waals surface area (Å²) in [6.45, 7) is 0.918. The Labute approximate surface area is 111 Å². The predicted molar refractivity (Wildman–Crippen MR) is 75.4 cm³/mol. The van der Waals surface area contributed by atoms with E-state index in [2.05, 4.69) is 17.6 Å². The molecule has 1 aromatic rings. The van der Waals surface area contributed by atoms with Crippen molar-refractivity contribution >= 4 is 23.1 Å². The van der Waals surface area contributed by atoms with E-state index in [0.29, 0.717) is 6.04 Å². The van der Waals surface area contributed by atoms with E-state index in [1.165, 1.54) is 30.6 Å². The Bertz CT molecular complexity index is 386. The maximum Gasteiger partial charge on any atom is 0.100 e. The Hall–Kier alpha value is -0.500. The minimum absolute atomic E-state index is 0.672. The third-order valence-electron chi connectivity index (χ3n) is 3.36. The maximum absolute atomic E-state index is 8.76. The molecule has 2 nitrogen and oxygen atoms in total. The standard InChI is InChI=1S/C13H18N2S2/c1-16-12-4-2-11(3-5-12)15-8-13-6-10(7-14)9-17-13/h6,9,11-12,15H,2-5,8H2,1H3. The highest BCUT2D eigenvalue weighted by Gasteiger charge is 2.19. The summed E-state index contributed by atoms with van der Waals surface area (Å²) in [6, 6.07) is 4.84. The van der Waals surface area contributed by atoms with Crippen molar-refractivity contribution in [3.8, 4) is 6.07 Å². The van der Waals surface area contributed by atoms with Crippen molar-refractivity contribution in [2.24, 2.45) is 0 Å². The Balaban J connectivity index is 1.74. The highest BCUT2D eigenvalue weighted by Crippen LogP contribution is 2.27. The number of thioether (sulfide) groups is 1. The van der Waals surface area contributed by atoms with Gasteiger partial charge in [-0.1, -0.05) is 0 Å². The topological polar surface area (TPSA) is 35.8 Å². The van der Waals surface area contributed by atoms with Crippen molar-refractivity contribution in [1.29, 1.82) is 5.26 Å². The molecular weight excluding hydrogens is 248 g/mol. The second-order valence-electron chi connectivity index (χ2n) is 4.50. The lowest BCUT2D eigenvalue weighted by Crippen LogP contribution is -2.33. The molecule has 0 radical (unpaired) electrons. The Morgan fingerprint density at radius 2 is 2.24 bits per heavy atom. The minimum atomic E-state index is 0.672. The molecule has 0 aromatic carbocycles. The molecule has 4 heteroatoms. The average Bonchev–Trinajstić information content (AvgIpc) is 2.85. The number of nitrogens with one attached hydrogen (secondary N) is 1. The molecule has 1 saturated carbocycles. The lowest BCUT2D eigenvalue weighted by molar-refractivity contribution is 0.380. The molecular formula is C13H18N2S2. The molecule has 1 aliphatic rings. The SMILES string of the molecule is CSC1CCC(NCc2cc(C#N)cs2)CC1. The minimum Gasteiger partial charge on any atom is -0.309 e. The van der Waals surface area contributed by atoms with Crippen LogP contribution in [0.1, 0.15) is 36.1 Å². The quantitative estimate of drug-likeness (QED) is 0.907. The van der Waals surface area contributed by atoms with Crippen molar-refractivity contribution in [3.05, 3.63) is 21.9 Å². The third-order valence-corrected chi connectivity index (χ3v) is 5.43. The van der Waals surface area contributed by atoms with Gasteiger partial charge in [0.1, 0.15) is 6.07 Å². The number of nitriles is 1. The van der Waals surface area contributed by atoms with Gasteiger partial charge in [-0.15, -0.1) is 11.3 Å². The second-order valence-corrected chi connectivity index (χ2v) is 6.64. The number of nitrogens with zero attached hydrogens (tertiary/aromatic N) is 1. The summed E-state index contributed by atoms with van der Waals surface area (Å²) >= 11 is 3.69. The summed E-state index contributed by atoms with van der Waals surface area (Å²) < 4.78 is 0. The Kier molecular flexibility index (Phi) is 4.90. The smallest absolute Gasteiger partial charge is 0.100 e. The van der Waals surface area contributed by atoms with E-state index in [1.807, 2.05) is 23.2 Å². The van der Waals surface area contributed by atoms with Gasteiger partial charge < -0.3 is 5.32 Å². The summed E-state index contributed by atoms with van der Waals surface area (Å²) in [5.41, 5.74) is 0.790. The van der Waals surface area contributed by atoms with E-state index < -0.39 is 0 Å². The van der Waals surface area contributed by atoms with Gasteiger partial charge in [-0.3, -0.25) is 0 Å². The number of hydrogen-bond donors (Lipinski definition) is 1. The average molecular weight is 266 g/mol. The van der Waals surface area contributed by atoms with Crippen molar-refractivity contribution in [2.45, 2.75) is 43.5 Å². The van der Waals surface area contributed by atoms with Crippen LogP contribution in [-0.4, -0.2) is 17.5 Å². The van der Waals surface area contributed by atoms with Crippen LogP contribution in [0.2, 0.25) is 0 Å². The first kappa shape index (κ1) is 12.9. The van der Waals surface area contributed by atoms with Gasteiger partial charge in [0.2, 0.25) is 0 Å². The molecule has 1 aromatic heterocycles. The van der Waals surface area contributed by atoms with E-state index in [9.17, 15) is 0 Å². The molecule has 0 atom stereocenters.